The van der Waals surface area contributed by atoms with Gasteiger partial charge in [-0.05, 0) is 52.3 Å². The zero-order valence-corrected chi connectivity index (χ0v) is 11.8. The molecule has 0 saturated heterocycles. The number of nitrogens with one attached hydrogen (secondary N) is 1. The summed E-state index contributed by atoms with van der Waals surface area (Å²) >= 11 is 2.95. The van der Waals surface area contributed by atoms with Crippen molar-refractivity contribution in [2.24, 2.45) is 0 Å². The molecule has 2 aromatic carbocycles. The zero-order chi connectivity index (χ0) is 14.0. The van der Waals surface area contributed by atoms with Crippen molar-refractivity contribution >= 4 is 31.6 Å². The Kier molecular flexibility index (Phi) is 3.86. The number of sulfonamides is 1. The molecule has 0 heterocycles. The fraction of sp³-hybridized carbons (Fsp3) is 0. The second-order valence-corrected chi connectivity index (χ2v) is 6.23. The standard InChI is InChI=1S/C12H8BrF2NO2S/c13-11-7-9(4-5-12(11)15)16-19(17,18)10-3-1-2-8(14)6-10/h1-7,16H. The van der Waals surface area contributed by atoms with E-state index in [0.29, 0.717) is 0 Å². The van der Waals surface area contributed by atoms with E-state index in [-0.39, 0.29) is 15.1 Å². The Morgan fingerprint density at radius 3 is 2.42 bits per heavy atom. The predicted molar refractivity (Wildman–Crippen MR) is 71.3 cm³/mol. The van der Waals surface area contributed by atoms with Gasteiger partial charge in [0.25, 0.3) is 10.0 Å². The predicted octanol–water partition coefficient (Wildman–Crippen LogP) is 3.53. The second-order valence-electron chi connectivity index (χ2n) is 3.69. The van der Waals surface area contributed by atoms with Crippen LogP contribution in [0.25, 0.3) is 0 Å². The summed E-state index contributed by atoms with van der Waals surface area (Å²) in [6.45, 7) is 0. The minimum Gasteiger partial charge on any atom is -0.280 e. The van der Waals surface area contributed by atoms with Crippen LogP contribution in [-0.4, -0.2) is 8.42 Å². The maximum absolute atomic E-state index is 13.0. The first kappa shape index (κ1) is 14.0. The van der Waals surface area contributed by atoms with E-state index in [0.717, 1.165) is 18.2 Å². The smallest absolute Gasteiger partial charge is 0.261 e. The molecule has 100 valence electrons. The van der Waals surface area contributed by atoms with Crippen LogP contribution in [0.3, 0.4) is 0 Å². The van der Waals surface area contributed by atoms with Crippen LogP contribution in [0.2, 0.25) is 0 Å². The van der Waals surface area contributed by atoms with Crippen LogP contribution in [0.4, 0.5) is 14.5 Å². The van der Waals surface area contributed by atoms with Crippen LogP contribution in [0, 0.1) is 11.6 Å². The Morgan fingerprint density at radius 1 is 1.05 bits per heavy atom. The third-order valence-electron chi connectivity index (χ3n) is 2.28. The van der Waals surface area contributed by atoms with Gasteiger partial charge in [-0.25, -0.2) is 17.2 Å². The molecular formula is C12H8BrF2NO2S. The van der Waals surface area contributed by atoms with Gasteiger partial charge in [0.1, 0.15) is 11.6 Å². The fourth-order valence-electron chi connectivity index (χ4n) is 1.41. The SMILES string of the molecule is O=S(=O)(Nc1ccc(F)c(Br)c1)c1cccc(F)c1. The Hall–Kier alpha value is -1.47. The molecule has 3 nitrogen and oxygen atoms in total. The summed E-state index contributed by atoms with van der Waals surface area (Å²) < 4.78 is 52.3. The van der Waals surface area contributed by atoms with Gasteiger partial charge in [0, 0.05) is 0 Å². The van der Waals surface area contributed by atoms with Gasteiger partial charge in [0.15, 0.2) is 0 Å². The van der Waals surface area contributed by atoms with Crippen molar-refractivity contribution in [2.45, 2.75) is 4.90 Å². The lowest BCUT2D eigenvalue weighted by Crippen LogP contribution is -2.13. The van der Waals surface area contributed by atoms with Crippen molar-refractivity contribution < 1.29 is 17.2 Å². The Labute approximate surface area is 117 Å². The highest BCUT2D eigenvalue weighted by Crippen LogP contribution is 2.22. The topological polar surface area (TPSA) is 46.2 Å². The third-order valence-corrected chi connectivity index (χ3v) is 4.26. The van der Waals surface area contributed by atoms with Crippen LogP contribution >= 0.6 is 15.9 Å². The van der Waals surface area contributed by atoms with E-state index in [9.17, 15) is 17.2 Å². The fourth-order valence-corrected chi connectivity index (χ4v) is 2.87. The largest absolute Gasteiger partial charge is 0.280 e. The summed E-state index contributed by atoms with van der Waals surface area (Å²) in [6, 6.07) is 8.29. The Morgan fingerprint density at radius 2 is 1.79 bits per heavy atom. The molecule has 0 atom stereocenters. The summed E-state index contributed by atoms with van der Waals surface area (Å²) in [7, 11) is -3.90. The van der Waals surface area contributed by atoms with Crippen molar-refractivity contribution in [3.63, 3.8) is 0 Å². The molecule has 0 amide bonds. The Balaban J connectivity index is 2.33. The van der Waals surface area contributed by atoms with E-state index in [1.54, 1.807) is 0 Å². The average Bonchev–Trinajstić information content (AvgIpc) is 2.33. The molecule has 0 aliphatic heterocycles. The number of anilines is 1. The summed E-state index contributed by atoms with van der Waals surface area (Å²) in [5.41, 5.74) is 0.178. The number of rotatable bonds is 3. The summed E-state index contributed by atoms with van der Waals surface area (Å²) in [6.07, 6.45) is 0. The van der Waals surface area contributed by atoms with E-state index in [4.69, 9.17) is 0 Å². The van der Waals surface area contributed by atoms with E-state index in [2.05, 4.69) is 20.7 Å². The van der Waals surface area contributed by atoms with E-state index >= 15 is 0 Å². The molecule has 0 aliphatic carbocycles. The van der Waals surface area contributed by atoms with Crippen molar-refractivity contribution in [1.29, 1.82) is 0 Å². The normalized spacial score (nSPS) is 11.3. The maximum Gasteiger partial charge on any atom is 0.261 e. The van der Waals surface area contributed by atoms with Gasteiger partial charge in [0.2, 0.25) is 0 Å². The van der Waals surface area contributed by atoms with Gasteiger partial charge in [0.05, 0.1) is 15.1 Å². The average molecular weight is 348 g/mol. The lowest BCUT2D eigenvalue weighted by atomic mass is 10.3. The van der Waals surface area contributed by atoms with Gasteiger partial charge < -0.3 is 0 Å². The van der Waals surface area contributed by atoms with Gasteiger partial charge in [-0.3, -0.25) is 4.72 Å². The van der Waals surface area contributed by atoms with E-state index < -0.39 is 21.7 Å². The molecule has 0 fully saturated rings. The number of benzene rings is 2. The van der Waals surface area contributed by atoms with Crippen molar-refractivity contribution in [1.82, 2.24) is 0 Å². The molecule has 0 spiro atoms. The molecule has 0 unspecified atom stereocenters. The van der Waals surface area contributed by atoms with E-state index in [1.807, 2.05) is 0 Å². The first-order valence-electron chi connectivity index (χ1n) is 5.12. The number of hydrogen-bond acceptors (Lipinski definition) is 2. The highest BCUT2D eigenvalue weighted by Gasteiger charge is 2.15. The molecule has 0 aliphatic rings. The van der Waals surface area contributed by atoms with Gasteiger partial charge >= 0.3 is 0 Å². The molecular weight excluding hydrogens is 340 g/mol. The van der Waals surface area contributed by atoms with Gasteiger partial charge in [-0.15, -0.1) is 0 Å². The van der Waals surface area contributed by atoms with Gasteiger partial charge in [-0.1, -0.05) is 6.07 Å². The third kappa shape index (κ3) is 3.30. The Bertz CT molecular complexity index is 719. The molecule has 2 aromatic rings. The highest BCUT2D eigenvalue weighted by molar-refractivity contribution is 9.10. The van der Waals surface area contributed by atoms with E-state index in [1.165, 1.54) is 24.3 Å². The number of halogens is 3. The minimum absolute atomic E-state index is 0.131. The molecule has 1 N–H and O–H groups in total. The molecule has 0 bridgehead atoms. The molecule has 0 radical (unpaired) electrons. The lowest BCUT2D eigenvalue weighted by molar-refractivity contribution is 0.595. The number of hydrogen-bond donors (Lipinski definition) is 1. The van der Waals surface area contributed by atoms with Crippen molar-refractivity contribution in [2.75, 3.05) is 4.72 Å². The molecule has 0 saturated carbocycles. The second kappa shape index (κ2) is 5.26. The van der Waals surface area contributed by atoms with Crippen LogP contribution in [0.5, 0.6) is 0 Å². The highest BCUT2D eigenvalue weighted by atomic mass is 79.9. The first-order chi connectivity index (χ1) is 8.88. The summed E-state index contributed by atoms with van der Waals surface area (Å²) in [4.78, 5) is -0.201. The lowest BCUT2D eigenvalue weighted by Gasteiger charge is -2.08. The van der Waals surface area contributed by atoms with Crippen LogP contribution < -0.4 is 4.72 Å². The van der Waals surface area contributed by atoms with Gasteiger partial charge in [-0.2, -0.15) is 0 Å². The molecule has 7 heteroatoms. The quantitative estimate of drug-likeness (QED) is 0.923. The van der Waals surface area contributed by atoms with Crippen LogP contribution in [0.15, 0.2) is 51.8 Å². The molecule has 0 aromatic heterocycles. The van der Waals surface area contributed by atoms with Crippen molar-refractivity contribution in [3.05, 3.63) is 58.6 Å². The van der Waals surface area contributed by atoms with Crippen molar-refractivity contribution in [3.8, 4) is 0 Å². The first-order valence-corrected chi connectivity index (χ1v) is 7.39. The minimum atomic E-state index is -3.90. The maximum atomic E-state index is 13.0. The monoisotopic (exact) mass is 347 g/mol. The summed E-state index contributed by atoms with van der Waals surface area (Å²) in [5.74, 6) is -1.16. The van der Waals surface area contributed by atoms with Crippen LogP contribution in [0.1, 0.15) is 0 Å². The molecule has 2 rings (SSSR count). The molecule has 19 heavy (non-hydrogen) atoms. The summed E-state index contributed by atoms with van der Waals surface area (Å²) in [5, 5.41) is 0. The zero-order valence-electron chi connectivity index (χ0n) is 9.40. The van der Waals surface area contributed by atoms with Crippen LogP contribution in [-0.2, 0) is 10.0 Å².